The highest BCUT2D eigenvalue weighted by molar-refractivity contribution is 5.93. The van der Waals surface area contributed by atoms with Gasteiger partial charge in [-0.3, -0.25) is 9.78 Å². The lowest BCUT2D eigenvalue weighted by atomic mass is 10.2. The van der Waals surface area contributed by atoms with Gasteiger partial charge in [0.15, 0.2) is 5.78 Å². The largest absolute Gasteiger partial charge is 0.295 e. The highest BCUT2D eigenvalue weighted by Gasteiger charge is 1.92. The van der Waals surface area contributed by atoms with Gasteiger partial charge in [-0.2, -0.15) is 0 Å². The first-order valence-corrected chi connectivity index (χ1v) is 5.14. The Morgan fingerprint density at radius 3 is 1.94 bits per heavy atom. The number of rotatable bonds is 1. The van der Waals surface area contributed by atoms with Crippen molar-refractivity contribution in [3.63, 3.8) is 0 Å². The summed E-state index contributed by atoms with van der Waals surface area (Å²) in [5, 5.41) is 0. The van der Waals surface area contributed by atoms with Crippen molar-refractivity contribution in [1.82, 2.24) is 4.98 Å². The average Bonchev–Trinajstić information content (AvgIpc) is 2.32. The van der Waals surface area contributed by atoms with Gasteiger partial charge in [0, 0.05) is 17.5 Å². The Morgan fingerprint density at radius 1 is 1.00 bits per heavy atom. The van der Waals surface area contributed by atoms with Crippen molar-refractivity contribution < 1.29 is 4.79 Å². The normalized spacial score (nSPS) is 8.88. The molecule has 0 saturated heterocycles. The average molecular weight is 213 g/mol. The number of aromatic nitrogens is 1. The first-order chi connectivity index (χ1) is 7.70. The summed E-state index contributed by atoms with van der Waals surface area (Å²) in [6.07, 6.45) is 1.79. The molecule has 2 aromatic rings. The van der Waals surface area contributed by atoms with Crippen molar-refractivity contribution in [1.29, 1.82) is 0 Å². The molecule has 0 atom stereocenters. The topological polar surface area (TPSA) is 30.0 Å². The number of pyridine rings is 1. The minimum atomic E-state index is 0.121. The second-order valence-electron chi connectivity index (χ2n) is 3.39. The van der Waals surface area contributed by atoms with Crippen molar-refractivity contribution in [3.8, 4) is 0 Å². The van der Waals surface area contributed by atoms with E-state index in [2.05, 4.69) is 4.98 Å². The predicted molar refractivity (Wildman–Crippen MR) is 65.4 cm³/mol. The molecule has 0 N–H and O–H groups in total. The molecule has 0 bridgehead atoms. The van der Waals surface area contributed by atoms with Crippen LogP contribution in [-0.4, -0.2) is 10.8 Å². The molecule has 0 spiro atoms. The first kappa shape index (κ1) is 12.1. The highest BCUT2D eigenvalue weighted by Crippen LogP contribution is 1.97. The molecule has 2 heteroatoms. The van der Waals surface area contributed by atoms with Crippen molar-refractivity contribution in [2.24, 2.45) is 0 Å². The van der Waals surface area contributed by atoms with Gasteiger partial charge in [-0.25, -0.2) is 0 Å². The third-order valence-corrected chi connectivity index (χ3v) is 1.99. The Bertz CT molecular complexity index is 423. The van der Waals surface area contributed by atoms with Crippen LogP contribution in [0.2, 0.25) is 0 Å². The summed E-state index contributed by atoms with van der Waals surface area (Å²) >= 11 is 0. The molecule has 0 radical (unpaired) electrons. The summed E-state index contributed by atoms with van der Waals surface area (Å²) in [6, 6.07) is 15.1. The quantitative estimate of drug-likeness (QED) is 0.680. The molecule has 2 nitrogen and oxygen atoms in total. The molecule has 1 aromatic heterocycles. The number of hydrogen-bond acceptors (Lipinski definition) is 2. The lowest BCUT2D eigenvalue weighted by Gasteiger charge is -1.89. The molecule has 1 aromatic carbocycles. The molecule has 82 valence electrons. The minimum absolute atomic E-state index is 0.121. The van der Waals surface area contributed by atoms with Gasteiger partial charge in [0.2, 0.25) is 0 Å². The number of hydrogen-bond donors (Lipinski definition) is 0. The van der Waals surface area contributed by atoms with Crippen LogP contribution in [0.5, 0.6) is 0 Å². The van der Waals surface area contributed by atoms with Gasteiger partial charge in [0.1, 0.15) is 0 Å². The predicted octanol–water partition coefficient (Wildman–Crippen LogP) is 3.28. The number of nitrogens with zero attached hydrogens (tertiary/aromatic N) is 1. The van der Waals surface area contributed by atoms with Crippen LogP contribution in [-0.2, 0) is 0 Å². The van der Waals surface area contributed by atoms with Crippen molar-refractivity contribution in [3.05, 3.63) is 66.0 Å². The van der Waals surface area contributed by atoms with Crippen LogP contribution in [0.4, 0.5) is 0 Å². The van der Waals surface area contributed by atoms with E-state index in [1.807, 2.05) is 55.5 Å². The Kier molecular flexibility index (Phi) is 4.93. The lowest BCUT2D eigenvalue weighted by molar-refractivity contribution is 0.101. The second-order valence-corrected chi connectivity index (χ2v) is 3.39. The Morgan fingerprint density at radius 2 is 1.62 bits per heavy atom. The summed E-state index contributed by atoms with van der Waals surface area (Å²) in [5.41, 5.74) is 1.85. The first-order valence-electron chi connectivity index (χ1n) is 5.14. The van der Waals surface area contributed by atoms with E-state index in [0.717, 1.165) is 11.3 Å². The summed E-state index contributed by atoms with van der Waals surface area (Å²) in [6.45, 7) is 3.54. The maximum absolute atomic E-state index is 10.6. The van der Waals surface area contributed by atoms with Gasteiger partial charge >= 0.3 is 0 Å². The number of Topliss-reactive ketones (excluding diaryl/α,β-unsaturated/α-hetero) is 1. The third kappa shape index (κ3) is 4.51. The third-order valence-electron chi connectivity index (χ3n) is 1.99. The number of carbonyl (C=O) groups excluding carboxylic acids is 1. The van der Waals surface area contributed by atoms with Gasteiger partial charge in [-0.05, 0) is 26.0 Å². The Hall–Kier alpha value is -1.96. The molecule has 0 aliphatic carbocycles. The molecular weight excluding hydrogens is 198 g/mol. The van der Waals surface area contributed by atoms with Crippen LogP contribution in [0, 0.1) is 6.92 Å². The van der Waals surface area contributed by atoms with E-state index in [1.54, 1.807) is 13.1 Å². The number of benzene rings is 1. The van der Waals surface area contributed by atoms with Gasteiger partial charge < -0.3 is 0 Å². The standard InChI is InChI=1S/C8H8O.C6H7N/c1-7(9)8-5-3-2-4-6-8;1-6-4-2-3-5-7-6/h2-6H,1H3;2-5H,1H3. The zero-order valence-electron chi connectivity index (χ0n) is 9.55. The van der Waals surface area contributed by atoms with Crippen LogP contribution >= 0.6 is 0 Å². The lowest BCUT2D eigenvalue weighted by Crippen LogP contribution is -1.88. The van der Waals surface area contributed by atoms with E-state index in [9.17, 15) is 4.79 Å². The smallest absolute Gasteiger partial charge is 0.159 e. The molecule has 0 aliphatic heterocycles. The van der Waals surface area contributed by atoms with Crippen LogP contribution in [0.3, 0.4) is 0 Å². The van der Waals surface area contributed by atoms with Crippen molar-refractivity contribution >= 4 is 5.78 Å². The summed E-state index contributed by atoms with van der Waals surface area (Å²) in [7, 11) is 0. The molecule has 0 unspecified atom stereocenters. The number of ketones is 1. The molecule has 0 fully saturated rings. The van der Waals surface area contributed by atoms with Gasteiger partial charge in [0.25, 0.3) is 0 Å². The van der Waals surface area contributed by atoms with Crippen LogP contribution in [0.1, 0.15) is 23.0 Å². The van der Waals surface area contributed by atoms with Gasteiger partial charge in [-0.1, -0.05) is 36.4 Å². The number of carbonyl (C=O) groups is 1. The molecule has 16 heavy (non-hydrogen) atoms. The van der Waals surface area contributed by atoms with E-state index < -0.39 is 0 Å². The maximum atomic E-state index is 10.6. The molecule has 0 aliphatic rings. The molecular formula is C14H15NO. The van der Waals surface area contributed by atoms with E-state index in [-0.39, 0.29) is 5.78 Å². The van der Waals surface area contributed by atoms with Crippen LogP contribution in [0.25, 0.3) is 0 Å². The summed E-state index contributed by atoms with van der Waals surface area (Å²) in [5.74, 6) is 0.121. The van der Waals surface area contributed by atoms with Gasteiger partial charge in [-0.15, -0.1) is 0 Å². The number of aryl methyl sites for hydroxylation is 1. The molecule has 0 amide bonds. The van der Waals surface area contributed by atoms with Crippen LogP contribution in [0.15, 0.2) is 54.7 Å². The zero-order chi connectivity index (χ0) is 11.8. The maximum Gasteiger partial charge on any atom is 0.159 e. The molecule has 2 rings (SSSR count). The summed E-state index contributed by atoms with van der Waals surface area (Å²) in [4.78, 5) is 14.6. The molecule has 1 heterocycles. The fourth-order valence-corrected chi connectivity index (χ4v) is 1.12. The van der Waals surface area contributed by atoms with Gasteiger partial charge in [0.05, 0.1) is 0 Å². The SMILES string of the molecule is CC(=O)c1ccccc1.Cc1ccccn1. The van der Waals surface area contributed by atoms with E-state index in [0.29, 0.717) is 0 Å². The Balaban J connectivity index is 0.000000165. The van der Waals surface area contributed by atoms with E-state index in [1.165, 1.54) is 0 Å². The van der Waals surface area contributed by atoms with Crippen molar-refractivity contribution in [2.45, 2.75) is 13.8 Å². The summed E-state index contributed by atoms with van der Waals surface area (Å²) < 4.78 is 0. The second kappa shape index (κ2) is 6.51. The fourth-order valence-electron chi connectivity index (χ4n) is 1.12. The minimum Gasteiger partial charge on any atom is -0.295 e. The van der Waals surface area contributed by atoms with Crippen molar-refractivity contribution in [2.75, 3.05) is 0 Å². The zero-order valence-corrected chi connectivity index (χ0v) is 9.55. The molecule has 0 saturated carbocycles. The highest BCUT2D eigenvalue weighted by atomic mass is 16.1. The Labute approximate surface area is 96.0 Å². The van der Waals surface area contributed by atoms with E-state index in [4.69, 9.17) is 0 Å². The fraction of sp³-hybridized carbons (Fsp3) is 0.143. The van der Waals surface area contributed by atoms with Crippen LogP contribution < -0.4 is 0 Å². The van der Waals surface area contributed by atoms with E-state index >= 15 is 0 Å². The monoisotopic (exact) mass is 213 g/mol.